The van der Waals surface area contributed by atoms with E-state index in [1.54, 1.807) is 55.1 Å². The molecule has 1 saturated heterocycles. The number of carbonyl (C=O) groups is 3. The average molecular weight is 1290 g/mol. The van der Waals surface area contributed by atoms with Crippen LogP contribution in [0.15, 0.2) is 116 Å². The van der Waals surface area contributed by atoms with Crippen molar-refractivity contribution in [1.29, 1.82) is 0 Å². The van der Waals surface area contributed by atoms with Crippen LogP contribution in [0.2, 0.25) is 20.1 Å². The Hall–Kier alpha value is -3.06. The molecule has 3 amide bonds. The molecule has 4 aromatic carbocycles. The van der Waals surface area contributed by atoms with E-state index in [0.29, 0.717) is 31.5 Å². The molecule has 1 fully saturated rings. The molecular weight excluding hydrogens is 1250 g/mol. The molecule has 0 spiro atoms. The predicted octanol–water partition coefficient (Wildman–Crippen LogP) is 7.59. The van der Waals surface area contributed by atoms with Crippen molar-refractivity contribution < 1.29 is 48.2 Å². The van der Waals surface area contributed by atoms with Crippen LogP contribution < -0.4 is 26.8 Å². The summed E-state index contributed by atoms with van der Waals surface area (Å²) >= 11 is 31.6. The van der Waals surface area contributed by atoms with E-state index in [4.69, 9.17) is 46.4 Å². The molecule has 3 aliphatic rings. The van der Waals surface area contributed by atoms with Crippen molar-refractivity contribution in [2.75, 3.05) is 36.0 Å². The number of imidazole rings is 2. The number of piperazine rings is 1. The first kappa shape index (κ1) is 60.5. The van der Waals surface area contributed by atoms with Crippen molar-refractivity contribution in [3.63, 3.8) is 0 Å². The Balaban J connectivity index is 0.000000301. The minimum Gasteiger partial charge on any atom is -1.00 e. The first-order chi connectivity index (χ1) is 31.6. The number of amides is 3. The molecule has 9 rings (SSSR count). The number of nitrogens with zero attached hydrogens (tertiary/aromatic N) is 8. The average Bonchev–Trinajstić information content (AvgIpc) is 4.00. The summed E-state index contributed by atoms with van der Waals surface area (Å²) in [4.78, 5) is 52.4. The normalized spacial score (nSPS) is 18.4. The number of rotatable bonds is 9. The zero-order valence-electron chi connectivity index (χ0n) is 36.6. The fourth-order valence-electron chi connectivity index (χ4n) is 8.54. The fourth-order valence-corrected chi connectivity index (χ4v) is 12.3. The Morgan fingerprint density at radius 3 is 1.44 bits per heavy atom. The molecule has 374 valence electrons. The Morgan fingerprint density at radius 1 is 0.662 bits per heavy atom. The van der Waals surface area contributed by atoms with Gasteiger partial charge >= 0.3 is 23.1 Å². The van der Waals surface area contributed by atoms with Crippen LogP contribution in [0.4, 0.5) is 23.3 Å². The third-order valence-corrected chi connectivity index (χ3v) is 16.2. The quantitative estimate of drug-likeness (QED) is 0.105. The van der Waals surface area contributed by atoms with E-state index in [9.17, 15) is 31.2 Å². The zero-order chi connectivity index (χ0) is 48.3. The molecule has 5 heterocycles. The minimum absolute atomic E-state index is 0. The summed E-state index contributed by atoms with van der Waals surface area (Å²) in [5.74, 6) is -0.426. The number of sulfonamides is 1. The van der Waals surface area contributed by atoms with Crippen LogP contribution in [0.3, 0.4) is 0 Å². The number of fused-ring (bicyclic) bond motifs is 2. The van der Waals surface area contributed by atoms with Gasteiger partial charge in [-0.25, -0.2) is 28.2 Å². The largest absolute Gasteiger partial charge is 2.00 e. The summed E-state index contributed by atoms with van der Waals surface area (Å²) in [5.41, 5.74) is -0.00696. The van der Waals surface area contributed by atoms with Crippen LogP contribution in [0.5, 0.6) is 0 Å². The Bertz CT molecular complexity index is 3130. The number of aromatic nitrogens is 4. The second-order valence-corrected chi connectivity index (χ2v) is 22.6. The number of carbonyl (C=O) groups excluding carboxylic acids is 3. The maximum Gasteiger partial charge on any atom is 2.00 e. The standard InChI is InChI=1S/C25H24BrCl2N5O4S.C19H13BrCl2N3O3S.2CH4.BrH.Mg/c1-16(34)30-7-9-31(10-8-30)38(36,37)22-15-29-24-32(21-12-19(27)11-20(28)13-21)23(35)25(2,33(22)24)14-17-3-5-18(26)6-4-17;1-19(9-11-2-4-12(20)5-3-11)17(26)24(15-7-13(21)6-14(22)8-15)18-23-10-16(25(18)19)29(27)28;;;;/h3-6,11-13,15H,7-10,14H2,1-2H3;2-8,10H,9H2,1H3;2*1H4;1H;/q;-1;;;;+2/p-1/t25-;19-;;;;/m11..../s1. The van der Waals surface area contributed by atoms with E-state index < -0.39 is 31.8 Å². The molecule has 0 unspecified atom stereocenters. The van der Waals surface area contributed by atoms with Gasteiger partial charge in [0, 0.05) is 86.2 Å². The number of hydrogen-bond acceptors (Lipinski definition) is 10. The molecule has 0 bridgehead atoms. The van der Waals surface area contributed by atoms with Crippen LogP contribution in [-0.2, 0) is 67.4 Å². The number of hydrogen-bond donors (Lipinski definition) is 0. The fraction of sp³-hybridized carbons (Fsp3) is 0.283. The molecule has 2 aromatic heterocycles. The molecule has 15 nitrogen and oxygen atoms in total. The summed E-state index contributed by atoms with van der Waals surface area (Å²) < 4.78 is 57.6. The van der Waals surface area contributed by atoms with Crippen molar-refractivity contribution >= 4 is 163 Å². The number of benzene rings is 4. The maximum atomic E-state index is 14.1. The van der Waals surface area contributed by atoms with Gasteiger partial charge in [-0.1, -0.05) is 117 Å². The number of anilines is 4. The van der Waals surface area contributed by atoms with Gasteiger partial charge in [0.25, 0.3) is 21.8 Å². The van der Waals surface area contributed by atoms with Crippen LogP contribution in [0.25, 0.3) is 0 Å². The van der Waals surface area contributed by atoms with E-state index in [-0.39, 0.29) is 134 Å². The van der Waals surface area contributed by atoms with Gasteiger partial charge in [-0.2, -0.15) is 4.31 Å². The molecule has 0 radical (unpaired) electrons. The van der Waals surface area contributed by atoms with Gasteiger partial charge in [-0.15, -0.1) is 0 Å². The predicted molar refractivity (Wildman–Crippen MR) is 282 cm³/mol. The molecule has 2 atom stereocenters. The van der Waals surface area contributed by atoms with E-state index in [2.05, 4.69) is 41.8 Å². The van der Waals surface area contributed by atoms with E-state index in [0.717, 1.165) is 20.1 Å². The van der Waals surface area contributed by atoms with Crippen molar-refractivity contribution in [2.45, 2.75) is 69.6 Å². The summed E-state index contributed by atoms with van der Waals surface area (Å²) in [6.45, 7) is 5.74. The zero-order valence-corrected chi connectivity index (χ0v) is 47.4. The first-order valence-electron chi connectivity index (χ1n) is 20.2. The third kappa shape index (κ3) is 11.8. The van der Waals surface area contributed by atoms with Gasteiger partial charge < -0.3 is 34.9 Å². The number of halogens is 7. The van der Waals surface area contributed by atoms with E-state index in [1.165, 1.54) is 42.6 Å². The topological polar surface area (TPSA) is 168 Å². The van der Waals surface area contributed by atoms with E-state index in [1.807, 2.05) is 48.5 Å². The van der Waals surface area contributed by atoms with Gasteiger partial charge in [0.1, 0.15) is 11.1 Å². The van der Waals surface area contributed by atoms with Crippen LogP contribution in [-0.4, -0.2) is 104 Å². The summed E-state index contributed by atoms with van der Waals surface area (Å²) in [6, 6.07) is 24.5. The smallest absolute Gasteiger partial charge is 1.00 e. The van der Waals surface area contributed by atoms with Crippen molar-refractivity contribution in [3.05, 3.63) is 137 Å². The molecule has 0 N–H and O–H groups in total. The SMILES string of the molecule is C.C.CC(=O)N1CCN(S(=O)(=O)c2cnc3n2[C@](C)(Cc2ccc(Br)cc2)C(=O)N3c2cc(Cl)cc(Cl)c2)CC1.C[C@@]1(Cc2ccc(Br)cc2)C(=O)N(c2cc(Cl)cc(Cl)c2)c2ncc([S-](=O)=O)n21.[Br-].[Mg+2]. The summed E-state index contributed by atoms with van der Waals surface area (Å²) in [7, 11) is -6.62. The van der Waals surface area contributed by atoms with Gasteiger partial charge in [-0.3, -0.25) is 19.0 Å². The second kappa shape index (κ2) is 23.6. The van der Waals surface area contributed by atoms with Gasteiger partial charge in [0.15, 0.2) is 5.03 Å². The van der Waals surface area contributed by atoms with Crippen LogP contribution >= 0.6 is 78.3 Å². The Kier molecular flexibility index (Phi) is 20.1. The van der Waals surface area contributed by atoms with Crippen molar-refractivity contribution in [1.82, 2.24) is 28.3 Å². The summed E-state index contributed by atoms with van der Waals surface area (Å²) in [6.07, 6.45) is 3.02. The van der Waals surface area contributed by atoms with Crippen LogP contribution in [0, 0.1) is 0 Å². The molecule has 25 heteroatoms. The van der Waals surface area contributed by atoms with Gasteiger partial charge in [-0.05, 0) is 96.3 Å². The van der Waals surface area contributed by atoms with Gasteiger partial charge in [0.2, 0.25) is 17.8 Å². The minimum atomic E-state index is -4.05. The third-order valence-electron chi connectivity index (χ3n) is 11.7. The molecule has 6 aromatic rings. The summed E-state index contributed by atoms with van der Waals surface area (Å²) in [5, 5.41) is 1.21. The Labute approximate surface area is 478 Å². The molecule has 0 saturated carbocycles. The molecular formula is C46H45Br3Cl4MgN8O7S2. The van der Waals surface area contributed by atoms with E-state index >= 15 is 0 Å². The second-order valence-electron chi connectivity index (χ2n) is 16.3. The monoisotopic (exact) mass is 1290 g/mol. The van der Waals surface area contributed by atoms with Crippen molar-refractivity contribution in [2.24, 2.45) is 0 Å². The van der Waals surface area contributed by atoms with Crippen LogP contribution in [0.1, 0.15) is 46.8 Å². The maximum absolute atomic E-state index is 14.1. The molecule has 0 aliphatic carbocycles. The molecule has 3 aliphatic heterocycles. The van der Waals surface area contributed by atoms with Crippen molar-refractivity contribution in [3.8, 4) is 0 Å². The first-order valence-corrected chi connectivity index (χ1v) is 25.9. The van der Waals surface area contributed by atoms with Gasteiger partial charge in [0.05, 0.1) is 17.6 Å². The Morgan fingerprint density at radius 2 is 1.04 bits per heavy atom. The molecule has 71 heavy (non-hydrogen) atoms.